The fourth-order valence-electron chi connectivity index (χ4n) is 2.26. The van der Waals surface area contributed by atoms with Gasteiger partial charge in [0.15, 0.2) is 0 Å². The largest absolute Gasteiger partial charge is 0.348 e. The van der Waals surface area contributed by atoms with Crippen LogP contribution in [-0.2, 0) is 17.8 Å². The third kappa shape index (κ3) is 6.07. The number of carbonyl (C=O) groups excluding carboxylic acids is 1. The molecule has 1 amide bonds. The van der Waals surface area contributed by atoms with Gasteiger partial charge in [-0.15, -0.1) is 0 Å². The number of amides is 1. The SMILES string of the molecule is CC(C)Cc1ccc(/C=C/C(=O)NCc2ccc(F)cc2)cc1. The third-order valence-electron chi connectivity index (χ3n) is 3.43. The number of halogens is 1. The van der Waals surface area contributed by atoms with Crippen LogP contribution in [0, 0.1) is 11.7 Å². The Labute approximate surface area is 137 Å². The molecule has 0 aliphatic carbocycles. The number of benzene rings is 2. The second-order valence-corrected chi connectivity index (χ2v) is 6.02. The van der Waals surface area contributed by atoms with Gasteiger partial charge in [0.2, 0.25) is 5.91 Å². The molecule has 2 nitrogen and oxygen atoms in total. The molecule has 0 heterocycles. The molecule has 3 heteroatoms. The molecular formula is C20H22FNO. The molecule has 0 saturated carbocycles. The Hall–Kier alpha value is -2.42. The summed E-state index contributed by atoms with van der Waals surface area (Å²) in [5.41, 5.74) is 3.17. The molecule has 120 valence electrons. The van der Waals surface area contributed by atoms with Gasteiger partial charge in [-0.2, -0.15) is 0 Å². The van der Waals surface area contributed by atoms with Crippen molar-refractivity contribution in [2.45, 2.75) is 26.8 Å². The van der Waals surface area contributed by atoms with Gasteiger partial charge in [0.25, 0.3) is 0 Å². The molecule has 0 atom stereocenters. The van der Waals surface area contributed by atoms with Crippen molar-refractivity contribution in [3.8, 4) is 0 Å². The molecule has 0 bridgehead atoms. The molecule has 0 fully saturated rings. The maximum atomic E-state index is 12.8. The molecule has 2 rings (SSSR count). The molecule has 23 heavy (non-hydrogen) atoms. The van der Waals surface area contributed by atoms with E-state index in [0.717, 1.165) is 17.5 Å². The van der Waals surface area contributed by atoms with E-state index in [-0.39, 0.29) is 11.7 Å². The Bertz CT molecular complexity index is 657. The van der Waals surface area contributed by atoms with Gasteiger partial charge in [-0.1, -0.05) is 50.2 Å². The zero-order valence-electron chi connectivity index (χ0n) is 13.6. The van der Waals surface area contributed by atoms with E-state index in [1.165, 1.54) is 23.8 Å². The van der Waals surface area contributed by atoms with Crippen LogP contribution in [-0.4, -0.2) is 5.91 Å². The first-order chi connectivity index (χ1) is 11.0. The van der Waals surface area contributed by atoms with Gasteiger partial charge in [0, 0.05) is 12.6 Å². The first-order valence-electron chi connectivity index (χ1n) is 7.82. The average Bonchev–Trinajstić information content (AvgIpc) is 2.53. The van der Waals surface area contributed by atoms with Crippen molar-refractivity contribution in [3.05, 3.63) is 77.1 Å². The van der Waals surface area contributed by atoms with E-state index in [0.29, 0.717) is 12.5 Å². The zero-order chi connectivity index (χ0) is 16.7. The Morgan fingerprint density at radius 3 is 2.26 bits per heavy atom. The van der Waals surface area contributed by atoms with Crippen molar-refractivity contribution in [3.63, 3.8) is 0 Å². The molecule has 0 aliphatic rings. The molecular weight excluding hydrogens is 289 g/mol. The Balaban J connectivity index is 1.84. The smallest absolute Gasteiger partial charge is 0.244 e. The number of carbonyl (C=O) groups is 1. The fourth-order valence-corrected chi connectivity index (χ4v) is 2.26. The monoisotopic (exact) mass is 311 g/mol. The van der Waals surface area contributed by atoms with E-state index in [1.54, 1.807) is 18.2 Å². The van der Waals surface area contributed by atoms with E-state index in [4.69, 9.17) is 0 Å². The maximum Gasteiger partial charge on any atom is 0.244 e. The second kappa shape index (κ2) is 8.28. The Morgan fingerprint density at radius 2 is 1.65 bits per heavy atom. The van der Waals surface area contributed by atoms with Crippen molar-refractivity contribution >= 4 is 12.0 Å². The third-order valence-corrected chi connectivity index (χ3v) is 3.43. The quantitative estimate of drug-likeness (QED) is 0.789. The van der Waals surface area contributed by atoms with Crippen LogP contribution in [0.1, 0.15) is 30.5 Å². The van der Waals surface area contributed by atoms with Crippen LogP contribution in [0.15, 0.2) is 54.6 Å². The highest BCUT2D eigenvalue weighted by Gasteiger charge is 1.99. The minimum absolute atomic E-state index is 0.166. The number of hydrogen-bond acceptors (Lipinski definition) is 1. The summed E-state index contributed by atoms with van der Waals surface area (Å²) in [6.45, 7) is 4.77. The van der Waals surface area contributed by atoms with Crippen LogP contribution < -0.4 is 5.32 Å². The van der Waals surface area contributed by atoms with Gasteiger partial charge < -0.3 is 5.32 Å². The standard InChI is InChI=1S/C20H22FNO/c1-15(2)13-17-5-3-16(4-6-17)9-12-20(23)22-14-18-7-10-19(21)11-8-18/h3-12,15H,13-14H2,1-2H3,(H,22,23)/b12-9+. The lowest BCUT2D eigenvalue weighted by Crippen LogP contribution is -2.20. The number of hydrogen-bond donors (Lipinski definition) is 1. The topological polar surface area (TPSA) is 29.1 Å². The fraction of sp³-hybridized carbons (Fsp3) is 0.250. The molecule has 2 aromatic carbocycles. The van der Waals surface area contributed by atoms with Crippen molar-refractivity contribution in [2.75, 3.05) is 0 Å². The average molecular weight is 311 g/mol. The van der Waals surface area contributed by atoms with Crippen molar-refractivity contribution in [2.24, 2.45) is 5.92 Å². The molecule has 0 aliphatic heterocycles. The number of nitrogens with one attached hydrogen (secondary N) is 1. The van der Waals surface area contributed by atoms with Crippen LogP contribution in [0.2, 0.25) is 0 Å². The van der Waals surface area contributed by atoms with E-state index < -0.39 is 0 Å². The molecule has 0 radical (unpaired) electrons. The molecule has 0 aromatic heterocycles. The molecule has 2 aromatic rings. The summed E-state index contributed by atoms with van der Waals surface area (Å²) in [4.78, 5) is 11.8. The lowest BCUT2D eigenvalue weighted by molar-refractivity contribution is -0.116. The van der Waals surface area contributed by atoms with Crippen LogP contribution in [0.4, 0.5) is 4.39 Å². The first kappa shape index (κ1) is 16.9. The summed E-state index contributed by atoms with van der Waals surface area (Å²) in [5.74, 6) is 0.190. The van der Waals surface area contributed by atoms with E-state index in [9.17, 15) is 9.18 Å². The van der Waals surface area contributed by atoms with Crippen LogP contribution >= 0.6 is 0 Å². The van der Waals surface area contributed by atoms with E-state index >= 15 is 0 Å². The second-order valence-electron chi connectivity index (χ2n) is 6.02. The van der Waals surface area contributed by atoms with Crippen LogP contribution in [0.5, 0.6) is 0 Å². The number of rotatable bonds is 6. The van der Waals surface area contributed by atoms with Gasteiger partial charge in [-0.3, -0.25) is 4.79 Å². The lowest BCUT2D eigenvalue weighted by Gasteiger charge is -2.05. The highest BCUT2D eigenvalue weighted by Crippen LogP contribution is 2.10. The minimum atomic E-state index is -0.277. The van der Waals surface area contributed by atoms with Gasteiger partial charge >= 0.3 is 0 Å². The molecule has 0 spiro atoms. The predicted molar refractivity (Wildman–Crippen MR) is 92.3 cm³/mol. The van der Waals surface area contributed by atoms with Crippen molar-refractivity contribution < 1.29 is 9.18 Å². The summed E-state index contributed by atoms with van der Waals surface area (Å²) < 4.78 is 12.8. The zero-order valence-corrected chi connectivity index (χ0v) is 13.6. The van der Waals surface area contributed by atoms with Gasteiger partial charge in [0.05, 0.1) is 0 Å². The molecule has 0 unspecified atom stereocenters. The molecule has 1 N–H and O–H groups in total. The van der Waals surface area contributed by atoms with Gasteiger partial charge in [0.1, 0.15) is 5.82 Å². The Kier molecular flexibility index (Phi) is 6.10. The maximum absolute atomic E-state index is 12.8. The van der Waals surface area contributed by atoms with E-state index in [2.05, 4.69) is 31.3 Å². The normalized spacial score (nSPS) is 11.1. The summed E-state index contributed by atoms with van der Waals surface area (Å²) >= 11 is 0. The van der Waals surface area contributed by atoms with Gasteiger partial charge in [-0.05, 0) is 47.2 Å². The highest BCUT2D eigenvalue weighted by atomic mass is 19.1. The summed E-state index contributed by atoms with van der Waals surface area (Å²) in [6, 6.07) is 14.3. The minimum Gasteiger partial charge on any atom is -0.348 e. The summed E-state index contributed by atoms with van der Waals surface area (Å²) in [7, 11) is 0. The van der Waals surface area contributed by atoms with E-state index in [1.807, 2.05) is 12.1 Å². The summed E-state index contributed by atoms with van der Waals surface area (Å²) in [6.07, 6.45) is 4.36. The van der Waals surface area contributed by atoms with Crippen molar-refractivity contribution in [1.82, 2.24) is 5.32 Å². The van der Waals surface area contributed by atoms with Gasteiger partial charge in [-0.25, -0.2) is 4.39 Å². The van der Waals surface area contributed by atoms with Crippen molar-refractivity contribution in [1.29, 1.82) is 0 Å². The van der Waals surface area contributed by atoms with Crippen LogP contribution in [0.25, 0.3) is 6.08 Å². The molecule has 0 saturated heterocycles. The van der Waals surface area contributed by atoms with Crippen LogP contribution in [0.3, 0.4) is 0 Å². The lowest BCUT2D eigenvalue weighted by atomic mass is 10.0. The Morgan fingerprint density at radius 1 is 1.04 bits per heavy atom. The summed E-state index contributed by atoms with van der Waals surface area (Å²) in [5, 5.41) is 2.78. The first-order valence-corrected chi connectivity index (χ1v) is 7.82. The predicted octanol–water partition coefficient (Wildman–Crippen LogP) is 4.35. The highest BCUT2D eigenvalue weighted by molar-refractivity contribution is 5.91.